The van der Waals surface area contributed by atoms with E-state index >= 15 is 0 Å². The summed E-state index contributed by atoms with van der Waals surface area (Å²) in [6.07, 6.45) is 3.25. The lowest BCUT2D eigenvalue weighted by atomic mass is 10.0. The third-order valence-electron chi connectivity index (χ3n) is 2.26. The molecule has 0 aliphatic rings. The predicted octanol–water partition coefficient (Wildman–Crippen LogP) is 2.49. The van der Waals surface area contributed by atoms with Crippen LogP contribution in [0.4, 0.5) is 0 Å². The minimum Gasteiger partial charge on any atom is -0.472 e. The van der Waals surface area contributed by atoms with Crippen molar-refractivity contribution in [3.63, 3.8) is 0 Å². The van der Waals surface area contributed by atoms with E-state index in [1.165, 1.54) is 0 Å². The molecule has 0 spiro atoms. The van der Waals surface area contributed by atoms with Crippen LogP contribution in [-0.4, -0.2) is 0 Å². The van der Waals surface area contributed by atoms with Gasteiger partial charge >= 0.3 is 0 Å². The molecule has 1 unspecified atom stereocenters. The summed E-state index contributed by atoms with van der Waals surface area (Å²) in [6, 6.07) is 9.28. The average Bonchev–Trinajstić information content (AvgIpc) is 2.75. The van der Waals surface area contributed by atoms with Gasteiger partial charge in [0.2, 0.25) is 0 Å². The first-order chi connectivity index (χ1) is 7.33. The van der Waals surface area contributed by atoms with Crippen molar-refractivity contribution >= 4 is 11.6 Å². The molecule has 15 heavy (non-hydrogen) atoms. The molecule has 0 radical (unpaired) electrons. The summed E-state index contributed by atoms with van der Waals surface area (Å²) in [5, 5.41) is 0.682. The van der Waals surface area contributed by atoms with Gasteiger partial charge in [0.1, 0.15) is 0 Å². The van der Waals surface area contributed by atoms with Gasteiger partial charge in [-0.2, -0.15) is 0 Å². The highest BCUT2D eigenvalue weighted by Gasteiger charge is 2.15. The topological polar surface area (TPSA) is 51.2 Å². The highest BCUT2D eigenvalue weighted by Crippen LogP contribution is 2.27. The van der Waals surface area contributed by atoms with E-state index in [-0.39, 0.29) is 6.04 Å². The molecule has 2 rings (SSSR count). The van der Waals surface area contributed by atoms with Crippen LogP contribution in [0, 0.1) is 0 Å². The van der Waals surface area contributed by atoms with Gasteiger partial charge in [0.05, 0.1) is 18.6 Å². The van der Waals surface area contributed by atoms with Gasteiger partial charge in [-0.3, -0.25) is 5.84 Å². The van der Waals surface area contributed by atoms with Crippen LogP contribution in [0.1, 0.15) is 17.2 Å². The fourth-order valence-electron chi connectivity index (χ4n) is 1.51. The molecule has 3 N–H and O–H groups in total. The number of hydrogen-bond acceptors (Lipinski definition) is 3. The molecule has 1 aromatic carbocycles. The quantitative estimate of drug-likeness (QED) is 0.620. The fourth-order valence-corrected chi connectivity index (χ4v) is 1.76. The van der Waals surface area contributed by atoms with Gasteiger partial charge in [0, 0.05) is 10.6 Å². The fraction of sp³-hybridized carbons (Fsp3) is 0.0909. The maximum absolute atomic E-state index is 6.09. The van der Waals surface area contributed by atoms with E-state index in [0.29, 0.717) is 5.02 Å². The molecule has 0 saturated carbocycles. The van der Waals surface area contributed by atoms with Crippen LogP contribution in [0.2, 0.25) is 5.02 Å². The Kier molecular flexibility index (Phi) is 3.06. The van der Waals surface area contributed by atoms with Gasteiger partial charge in [-0.25, -0.2) is 5.43 Å². The Bertz CT molecular complexity index is 428. The third-order valence-corrected chi connectivity index (χ3v) is 2.60. The number of hydrazine groups is 1. The lowest BCUT2D eigenvalue weighted by Crippen LogP contribution is -2.28. The van der Waals surface area contributed by atoms with Gasteiger partial charge in [0.25, 0.3) is 0 Å². The van der Waals surface area contributed by atoms with Crippen LogP contribution in [0.5, 0.6) is 0 Å². The second-order valence-electron chi connectivity index (χ2n) is 3.18. The minimum atomic E-state index is -0.141. The lowest BCUT2D eigenvalue weighted by molar-refractivity contribution is 0.553. The van der Waals surface area contributed by atoms with Gasteiger partial charge in [-0.15, -0.1) is 0 Å². The summed E-state index contributed by atoms with van der Waals surface area (Å²) < 4.78 is 5.02. The Labute approximate surface area is 92.8 Å². The molecule has 0 aliphatic heterocycles. The van der Waals surface area contributed by atoms with Gasteiger partial charge in [-0.1, -0.05) is 29.8 Å². The monoisotopic (exact) mass is 222 g/mol. The lowest BCUT2D eigenvalue weighted by Gasteiger charge is -2.15. The van der Waals surface area contributed by atoms with Crippen molar-refractivity contribution in [2.75, 3.05) is 0 Å². The number of halogens is 1. The number of furan rings is 1. The highest BCUT2D eigenvalue weighted by molar-refractivity contribution is 6.31. The first-order valence-corrected chi connectivity index (χ1v) is 4.93. The van der Waals surface area contributed by atoms with Crippen LogP contribution in [-0.2, 0) is 0 Å². The van der Waals surface area contributed by atoms with Crippen molar-refractivity contribution < 1.29 is 4.42 Å². The smallest absolute Gasteiger partial charge is 0.0954 e. The first kappa shape index (κ1) is 10.2. The Morgan fingerprint density at radius 2 is 2.07 bits per heavy atom. The predicted molar refractivity (Wildman–Crippen MR) is 59.3 cm³/mol. The molecule has 1 atom stereocenters. The molecule has 1 heterocycles. The summed E-state index contributed by atoms with van der Waals surface area (Å²) in [6.45, 7) is 0. The average molecular weight is 223 g/mol. The van der Waals surface area contributed by atoms with Crippen LogP contribution in [0.25, 0.3) is 0 Å². The summed E-state index contributed by atoms with van der Waals surface area (Å²) in [4.78, 5) is 0. The highest BCUT2D eigenvalue weighted by atomic mass is 35.5. The van der Waals surface area contributed by atoms with Gasteiger partial charge < -0.3 is 4.42 Å². The molecule has 0 amide bonds. The van der Waals surface area contributed by atoms with E-state index in [1.54, 1.807) is 12.5 Å². The molecular formula is C11H11ClN2O. The van der Waals surface area contributed by atoms with E-state index in [9.17, 15) is 0 Å². The van der Waals surface area contributed by atoms with E-state index < -0.39 is 0 Å². The molecule has 0 fully saturated rings. The Hall–Kier alpha value is -1.29. The van der Waals surface area contributed by atoms with Crippen LogP contribution >= 0.6 is 11.6 Å². The van der Waals surface area contributed by atoms with Crippen molar-refractivity contribution in [2.45, 2.75) is 6.04 Å². The summed E-state index contributed by atoms with van der Waals surface area (Å²) >= 11 is 6.09. The minimum absolute atomic E-state index is 0.141. The normalized spacial score (nSPS) is 12.7. The number of nitrogens with two attached hydrogens (primary N) is 1. The molecule has 1 aromatic heterocycles. The van der Waals surface area contributed by atoms with Crippen LogP contribution in [0.15, 0.2) is 47.3 Å². The number of benzene rings is 1. The van der Waals surface area contributed by atoms with Crippen molar-refractivity contribution in [3.05, 3.63) is 59.0 Å². The molecule has 0 saturated heterocycles. The first-order valence-electron chi connectivity index (χ1n) is 4.55. The Balaban J connectivity index is 2.40. The summed E-state index contributed by atoms with van der Waals surface area (Å²) in [7, 11) is 0. The Morgan fingerprint density at radius 3 is 2.67 bits per heavy atom. The summed E-state index contributed by atoms with van der Waals surface area (Å²) in [5.74, 6) is 5.51. The van der Waals surface area contributed by atoms with E-state index in [1.807, 2.05) is 30.3 Å². The molecule has 0 aliphatic carbocycles. The molecule has 2 aromatic rings. The standard InChI is InChI=1S/C11H11ClN2O/c12-10-4-2-1-3-9(10)11(14-13)8-5-6-15-7-8/h1-7,11,14H,13H2. The zero-order valence-electron chi connectivity index (χ0n) is 7.98. The Morgan fingerprint density at radius 1 is 1.27 bits per heavy atom. The summed E-state index contributed by atoms with van der Waals surface area (Å²) in [5.41, 5.74) is 4.60. The number of nitrogens with one attached hydrogen (secondary N) is 1. The molecule has 0 bridgehead atoms. The van der Waals surface area contributed by atoms with Crippen LogP contribution < -0.4 is 11.3 Å². The van der Waals surface area contributed by atoms with Gasteiger partial charge in [-0.05, 0) is 17.7 Å². The largest absolute Gasteiger partial charge is 0.472 e. The molecule has 3 nitrogen and oxygen atoms in total. The maximum Gasteiger partial charge on any atom is 0.0954 e. The van der Waals surface area contributed by atoms with E-state index in [0.717, 1.165) is 11.1 Å². The molecular weight excluding hydrogens is 212 g/mol. The van der Waals surface area contributed by atoms with Crippen LogP contribution in [0.3, 0.4) is 0 Å². The van der Waals surface area contributed by atoms with Gasteiger partial charge in [0.15, 0.2) is 0 Å². The maximum atomic E-state index is 6.09. The van der Waals surface area contributed by atoms with E-state index in [2.05, 4.69) is 5.43 Å². The number of rotatable bonds is 3. The van der Waals surface area contributed by atoms with Crippen molar-refractivity contribution in [3.8, 4) is 0 Å². The van der Waals surface area contributed by atoms with Crippen molar-refractivity contribution in [2.24, 2.45) is 5.84 Å². The van der Waals surface area contributed by atoms with Crippen molar-refractivity contribution in [1.82, 2.24) is 5.43 Å². The van der Waals surface area contributed by atoms with E-state index in [4.69, 9.17) is 21.9 Å². The molecule has 78 valence electrons. The number of hydrogen-bond donors (Lipinski definition) is 2. The SMILES string of the molecule is NNC(c1ccoc1)c1ccccc1Cl. The second-order valence-corrected chi connectivity index (χ2v) is 3.59. The second kappa shape index (κ2) is 4.49. The molecule has 4 heteroatoms. The van der Waals surface area contributed by atoms with Crippen molar-refractivity contribution in [1.29, 1.82) is 0 Å². The zero-order valence-corrected chi connectivity index (χ0v) is 8.74. The third kappa shape index (κ3) is 2.04. The zero-order chi connectivity index (χ0) is 10.7.